The molecule has 0 saturated carbocycles. The van der Waals surface area contributed by atoms with Crippen molar-refractivity contribution in [2.75, 3.05) is 5.32 Å². The number of phenols is 1. The number of hydrogen-bond acceptors (Lipinski definition) is 4. The van der Waals surface area contributed by atoms with Crippen LogP contribution in [0.4, 0.5) is 5.69 Å². The molecule has 0 spiro atoms. The SMILES string of the molecule is CC(N)C(C)C(=O)Nc1ccc(C(=O)O)c(O)c1. The quantitative estimate of drug-likeness (QED) is 0.638. The highest BCUT2D eigenvalue weighted by Crippen LogP contribution is 2.22. The van der Waals surface area contributed by atoms with E-state index in [-0.39, 0.29) is 23.4 Å². The van der Waals surface area contributed by atoms with Crippen LogP contribution in [0, 0.1) is 5.92 Å². The number of rotatable bonds is 4. The number of hydrogen-bond donors (Lipinski definition) is 4. The molecule has 0 fully saturated rings. The van der Waals surface area contributed by atoms with E-state index in [1.807, 2.05) is 0 Å². The van der Waals surface area contributed by atoms with Crippen LogP contribution in [-0.2, 0) is 4.79 Å². The summed E-state index contributed by atoms with van der Waals surface area (Å²) in [6, 6.07) is 3.53. The van der Waals surface area contributed by atoms with Crippen LogP contribution in [0.3, 0.4) is 0 Å². The molecule has 2 unspecified atom stereocenters. The molecule has 0 aliphatic rings. The third-order valence-electron chi connectivity index (χ3n) is 2.70. The molecule has 1 rings (SSSR count). The van der Waals surface area contributed by atoms with Crippen LogP contribution < -0.4 is 11.1 Å². The van der Waals surface area contributed by atoms with Gasteiger partial charge in [-0.2, -0.15) is 0 Å². The molecule has 6 nitrogen and oxygen atoms in total. The third kappa shape index (κ3) is 3.21. The molecule has 18 heavy (non-hydrogen) atoms. The van der Waals surface area contributed by atoms with Gasteiger partial charge in [-0.05, 0) is 19.1 Å². The maximum atomic E-state index is 11.7. The summed E-state index contributed by atoms with van der Waals surface area (Å²) in [7, 11) is 0. The molecule has 0 aliphatic carbocycles. The maximum Gasteiger partial charge on any atom is 0.339 e. The van der Waals surface area contributed by atoms with Crippen LogP contribution in [0.15, 0.2) is 18.2 Å². The molecule has 0 heterocycles. The average molecular weight is 252 g/mol. The van der Waals surface area contributed by atoms with Crippen LogP contribution in [0.25, 0.3) is 0 Å². The van der Waals surface area contributed by atoms with Gasteiger partial charge < -0.3 is 21.3 Å². The Kier molecular flexibility index (Phi) is 4.28. The van der Waals surface area contributed by atoms with Gasteiger partial charge in [0.1, 0.15) is 11.3 Å². The first kappa shape index (κ1) is 14.0. The van der Waals surface area contributed by atoms with Crippen LogP contribution in [-0.4, -0.2) is 28.1 Å². The Morgan fingerprint density at radius 1 is 1.33 bits per heavy atom. The Morgan fingerprint density at radius 2 is 1.94 bits per heavy atom. The van der Waals surface area contributed by atoms with Crippen LogP contribution >= 0.6 is 0 Å². The van der Waals surface area contributed by atoms with Crippen molar-refractivity contribution < 1.29 is 19.8 Å². The molecule has 1 amide bonds. The van der Waals surface area contributed by atoms with Crippen molar-refractivity contribution in [2.45, 2.75) is 19.9 Å². The van der Waals surface area contributed by atoms with E-state index >= 15 is 0 Å². The minimum absolute atomic E-state index is 0.215. The fraction of sp³-hybridized carbons (Fsp3) is 0.333. The van der Waals surface area contributed by atoms with Crippen molar-refractivity contribution >= 4 is 17.6 Å². The number of carbonyl (C=O) groups excluding carboxylic acids is 1. The van der Waals surface area contributed by atoms with Crippen molar-refractivity contribution in [1.29, 1.82) is 0 Å². The van der Waals surface area contributed by atoms with Gasteiger partial charge in [0.05, 0.1) is 5.92 Å². The van der Waals surface area contributed by atoms with Crippen molar-refractivity contribution in [3.8, 4) is 5.75 Å². The number of carboxylic acids is 1. The van der Waals surface area contributed by atoms with Gasteiger partial charge in [-0.1, -0.05) is 6.92 Å². The van der Waals surface area contributed by atoms with E-state index in [0.717, 1.165) is 0 Å². The van der Waals surface area contributed by atoms with E-state index in [1.165, 1.54) is 18.2 Å². The van der Waals surface area contributed by atoms with Crippen molar-refractivity contribution in [3.63, 3.8) is 0 Å². The van der Waals surface area contributed by atoms with Gasteiger partial charge in [-0.15, -0.1) is 0 Å². The Hall–Kier alpha value is -2.08. The van der Waals surface area contributed by atoms with Gasteiger partial charge in [0.15, 0.2) is 0 Å². The van der Waals surface area contributed by atoms with Gasteiger partial charge >= 0.3 is 5.97 Å². The molecular formula is C12H16N2O4. The largest absolute Gasteiger partial charge is 0.507 e. The fourth-order valence-electron chi connectivity index (χ4n) is 1.29. The predicted octanol–water partition coefficient (Wildman–Crippen LogP) is 1.01. The van der Waals surface area contributed by atoms with E-state index in [1.54, 1.807) is 13.8 Å². The van der Waals surface area contributed by atoms with E-state index < -0.39 is 11.7 Å². The molecule has 1 aromatic carbocycles. The first-order chi connectivity index (χ1) is 8.32. The molecule has 5 N–H and O–H groups in total. The lowest BCUT2D eigenvalue weighted by molar-refractivity contribution is -0.119. The summed E-state index contributed by atoms with van der Waals surface area (Å²) in [5, 5.41) is 20.8. The standard InChI is InChI=1S/C12H16N2O4/c1-6(7(2)13)11(16)14-8-3-4-9(12(17)18)10(15)5-8/h3-7,15H,13H2,1-2H3,(H,14,16)(H,17,18). The summed E-state index contributed by atoms with van der Waals surface area (Å²) in [4.78, 5) is 22.4. The second-order valence-electron chi connectivity index (χ2n) is 4.17. The van der Waals surface area contributed by atoms with Crippen molar-refractivity contribution in [2.24, 2.45) is 11.7 Å². The van der Waals surface area contributed by atoms with Crippen LogP contribution in [0.5, 0.6) is 5.75 Å². The second kappa shape index (κ2) is 5.50. The third-order valence-corrected chi connectivity index (χ3v) is 2.70. The van der Waals surface area contributed by atoms with Crippen molar-refractivity contribution in [1.82, 2.24) is 0 Å². The first-order valence-corrected chi connectivity index (χ1v) is 5.45. The minimum atomic E-state index is -1.23. The highest BCUT2D eigenvalue weighted by molar-refractivity contribution is 5.95. The van der Waals surface area contributed by atoms with E-state index in [9.17, 15) is 14.7 Å². The fourth-order valence-corrected chi connectivity index (χ4v) is 1.29. The molecular weight excluding hydrogens is 236 g/mol. The molecule has 2 atom stereocenters. The zero-order chi connectivity index (χ0) is 13.9. The Balaban J connectivity index is 2.84. The minimum Gasteiger partial charge on any atom is -0.507 e. The Morgan fingerprint density at radius 3 is 2.39 bits per heavy atom. The van der Waals surface area contributed by atoms with Gasteiger partial charge in [0.2, 0.25) is 5.91 Å². The average Bonchev–Trinajstić information content (AvgIpc) is 2.27. The molecule has 1 aromatic rings. The van der Waals surface area contributed by atoms with Crippen molar-refractivity contribution in [3.05, 3.63) is 23.8 Å². The van der Waals surface area contributed by atoms with Gasteiger partial charge in [0, 0.05) is 17.8 Å². The van der Waals surface area contributed by atoms with E-state index in [2.05, 4.69) is 5.32 Å². The normalized spacial score (nSPS) is 13.7. The number of carboxylic acid groups (broad SMARTS) is 1. The van der Waals surface area contributed by atoms with E-state index in [0.29, 0.717) is 5.69 Å². The zero-order valence-electron chi connectivity index (χ0n) is 10.2. The number of nitrogens with one attached hydrogen (secondary N) is 1. The number of carbonyl (C=O) groups is 2. The second-order valence-corrected chi connectivity index (χ2v) is 4.17. The molecule has 0 aliphatic heterocycles. The predicted molar refractivity (Wildman–Crippen MR) is 66.5 cm³/mol. The van der Waals surface area contributed by atoms with E-state index in [4.69, 9.17) is 10.8 Å². The summed E-state index contributed by atoms with van der Waals surface area (Å²) >= 11 is 0. The number of aromatic carboxylic acids is 1. The number of anilines is 1. The summed E-state index contributed by atoms with van der Waals surface area (Å²) in [6.45, 7) is 3.40. The molecule has 98 valence electrons. The lowest BCUT2D eigenvalue weighted by Crippen LogP contribution is -2.34. The topological polar surface area (TPSA) is 113 Å². The molecule has 0 saturated heterocycles. The highest BCUT2D eigenvalue weighted by atomic mass is 16.4. The van der Waals surface area contributed by atoms with Crippen LogP contribution in [0.1, 0.15) is 24.2 Å². The summed E-state index contributed by atoms with van der Waals surface area (Å²) < 4.78 is 0. The lowest BCUT2D eigenvalue weighted by atomic mass is 10.0. The summed E-state index contributed by atoms with van der Waals surface area (Å²) in [5.41, 5.74) is 5.71. The van der Waals surface area contributed by atoms with Crippen LogP contribution in [0.2, 0.25) is 0 Å². The zero-order valence-corrected chi connectivity index (χ0v) is 10.2. The molecule has 0 aromatic heterocycles. The van der Waals surface area contributed by atoms with Gasteiger partial charge in [-0.3, -0.25) is 4.79 Å². The monoisotopic (exact) mass is 252 g/mol. The van der Waals surface area contributed by atoms with Gasteiger partial charge in [-0.25, -0.2) is 4.79 Å². The lowest BCUT2D eigenvalue weighted by Gasteiger charge is -2.15. The smallest absolute Gasteiger partial charge is 0.339 e. The number of amides is 1. The summed E-state index contributed by atoms with van der Waals surface area (Å²) in [6.07, 6.45) is 0. The summed E-state index contributed by atoms with van der Waals surface area (Å²) in [5.74, 6) is -2.29. The highest BCUT2D eigenvalue weighted by Gasteiger charge is 2.18. The molecule has 6 heteroatoms. The number of benzene rings is 1. The van der Waals surface area contributed by atoms with Gasteiger partial charge in [0.25, 0.3) is 0 Å². The Bertz CT molecular complexity index is 471. The first-order valence-electron chi connectivity index (χ1n) is 5.45. The number of nitrogens with two attached hydrogens (primary N) is 1. The maximum absolute atomic E-state index is 11.7. The molecule has 0 radical (unpaired) electrons. The Labute approximate surface area is 104 Å². The molecule has 0 bridgehead atoms. The number of aromatic hydroxyl groups is 1.